The molecule has 0 saturated heterocycles. The van der Waals surface area contributed by atoms with Gasteiger partial charge in [0, 0.05) is 19.3 Å². The van der Waals surface area contributed by atoms with Crippen LogP contribution in [0.4, 0.5) is 0 Å². The first-order valence-corrected chi connectivity index (χ1v) is 24.0. The summed E-state index contributed by atoms with van der Waals surface area (Å²) in [5, 5.41) is 0. The third kappa shape index (κ3) is 41.6. The molecule has 6 heteroatoms. The molecule has 320 valence electrons. The number of hydrogen-bond donors (Lipinski definition) is 0. The summed E-state index contributed by atoms with van der Waals surface area (Å²) in [4.78, 5) is 37.6. The second-order valence-electron chi connectivity index (χ2n) is 16.4. The smallest absolute Gasteiger partial charge is 0.306 e. The molecule has 0 atom stereocenters. The first kappa shape index (κ1) is 52.4. The average molecular weight is 766 g/mol. The molecule has 0 aromatic heterocycles. The maximum Gasteiger partial charge on any atom is 0.306 e. The highest BCUT2D eigenvalue weighted by Crippen LogP contribution is 2.16. The van der Waals surface area contributed by atoms with Gasteiger partial charge in [0.05, 0.1) is 0 Å². The monoisotopic (exact) mass is 766 g/mol. The molecular weight excluding hydrogens is 674 g/mol. The normalized spacial score (nSPS) is 11.3. The van der Waals surface area contributed by atoms with Crippen molar-refractivity contribution >= 4 is 17.9 Å². The number of rotatable bonds is 44. The Kier molecular flexibility index (Phi) is 42.8. The van der Waals surface area contributed by atoms with Crippen molar-refractivity contribution in [1.82, 2.24) is 0 Å². The van der Waals surface area contributed by atoms with E-state index < -0.39 is 6.10 Å². The molecule has 0 bridgehead atoms. The first-order chi connectivity index (χ1) is 26.5. The van der Waals surface area contributed by atoms with Gasteiger partial charge in [0.1, 0.15) is 13.2 Å². The molecule has 0 N–H and O–H groups in total. The first-order valence-electron chi connectivity index (χ1n) is 24.0. The third-order valence-corrected chi connectivity index (χ3v) is 10.9. The van der Waals surface area contributed by atoms with Crippen LogP contribution < -0.4 is 0 Å². The summed E-state index contributed by atoms with van der Waals surface area (Å²) in [7, 11) is 0. The van der Waals surface area contributed by atoms with Crippen LogP contribution in [0.5, 0.6) is 0 Å². The van der Waals surface area contributed by atoms with E-state index in [9.17, 15) is 14.4 Å². The molecule has 0 rings (SSSR count). The summed E-state index contributed by atoms with van der Waals surface area (Å²) in [6.45, 7) is 6.61. The lowest BCUT2D eigenvalue weighted by molar-refractivity contribution is -0.167. The molecule has 54 heavy (non-hydrogen) atoms. The number of unbranched alkanes of at least 4 members (excludes halogenated alkanes) is 33. The standard InChI is InChI=1S/C48H92O6/c1-4-7-10-13-16-18-20-22-24-26-28-30-32-35-37-40-46(49)52-43-45(54-48(51)42-39-34-15-12-9-6-3)44-53-47(50)41-38-36-33-31-29-27-25-23-21-19-17-14-11-8-5-2/h45H,4-44H2,1-3H3/i48+1. The van der Waals surface area contributed by atoms with Crippen molar-refractivity contribution < 1.29 is 28.6 Å². The summed E-state index contributed by atoms with van der Waals surface area (Å²) in [5.74, 6) is -0.857. The molecule has 0 heterocycles. The van der Waals surface area contributed by atoms with E-state index in [2.05, 4.69) is 20.8 Å². The Morgan fingerprint density at radius 1 is 0.296 bits per heavy atom. The van der Waals surface area contributed by atoms with Gasteiger partial charge in [-0.1, -0.05) is 233 Å². The fourth-order valence-corrected chi connectivity index (χ4v) is 7.21. The van der Waals surface area contributed by atoms with E-state index in [0.29, 0.717) is 19.3 Å². The van der Waals surface area contributed by atoms with Crippen LogP contribution in [0.25, 0.3) is 0 Å². The number of hydrogen-bond acceptors (Lipinski definition) is 6. The molecule has 0 amide bonds. The fourth-order valence-electron chi connectivity index (χ4n) is 7.21. The highest BCUT2D eigenvalue weighted by Gasteiger charge is 2.19. The van der Waals surface area contributed by atoms with E-state index >= 15 is 0 Å². The zero-order valence-electron chi connectivity index (χ0n) is 36.5. The van der Waals surface area contributed by atoms with Crippen molar-refractivity contribution in [2.24, 2.45) is 0 Å². The van der Waals surface area contributed by atoms with Crippen LogP contribution in [0, 0.1) is 0 Å². The molecule has 0 aliphatic carbocycles. The molecule has 0 radical (unpaired) electrons. The number of carbonyl (C=O) groups excluding carboxylic acids is 3. The van der Waals surface area contributed by atoms with Gasteiger partial charge in [-0.2, -0.15) is 0 Å². The van der Waals surface area contributed by atoms with Gasteiger partial charge in [0.25, 0.3) is 0 Å². The van der Waals surface area contributed by atoms with Gasteiger partial charge in [-0.15, -0.1) is 0 Å². The van der Waals surface area contributed by atoms with Crippen molar-refractivity contribution in [3.8, 4) is 0 Å². The SMILES string of the molecule is CCCCCCCCCCCCCCCCCC(=O)OCC(COC(=O)CCCCCCCCCCCCCCCCC)O[13C](=O)CCCCCCCC. The minimum atomic E-state index is -0.757. The zero-order chi connectivity index (χ0) is 39.4. The summed E-state index contributed by atoms with van der Waals surface area (Å²) in [6.07, 6.45) is 45.3. The maximum atomic E-state index is 12.6. The molecule has 6 nitrogen and oxygen atoms in total. The summed E-state index contributed by atoms with van der Waals surface area (Å²) in [5.41, 5.74) is 0. The van der Waals surface area contributed by atoms with E-state index in [-0.39, 0.29) is 31.1 Å². The Balaban J connectivity index is 4.15. The summed E-state index contributed by atoms with van der Waals surface area (Å²) >= 11 is 0. The highest BCUT2D eigenvalue weighted by atomic mass is 16.7. The van der Waals surface area contributed by atoms with Crippen LogP contribution in [-0.2, 0) is 28.6 Å². The third-order valence-electron chi connectivity index (χ3n) is 10.9. The quantitative estimate of drug-likeness (QED) is 0.0266. The van der Waals surface area contributed by atoms with Crippen molar-refractivity contribution in [2.75, 3.05) is 13.2 Å². The van der Waals surface area contributed by atoms with E-state index in [1.54, 1.807) is 0 Å². The summed E-state index contributed by atoms with van der Waals surface area (Å²) < 4.78 is 16.7. The van der Waals surface area contributed by atoms with Crippen molar-refractivity contribution in [3.05, 3.63) is 0 Å². The van der Waals surface area contributed by atoms with E-state index in [1.165, 1.54) is 173 Å². The Morgan fingerprint density at radius 2 is 0.500 bits per heavy atom. The molecule has 0 fully saturated rings. The molecule has 0 aliphatic rings. The minimum absolute atomic E-state index is 0.0634. The lowest BCUT2D eigenvalue weighted by atomic mass is 10.0. The molecule has 0 saturated carbocycles. The van der Waals surface area contributed by atoms with Gasteiger partial charge >= 0.3 is 17.9 Å². The number of ether oxygens (including phenoxy) is 3. The highest BCUT2D eigenvalue weighted by molar-refractivity contribution is 5.71. The van der Waals surface area contributed by atoms with E-state index in [4.69, 9.17) is 14.2 Å². The molecular formula is C48H92O6. The van der Waals surface area contributed by atoms with Crippen LogP contribution in [0.3, 0.4) is 0 Å². The van der Waals surface area contributed by atoms with Gasteiger partial charge in [-0.3, -0.25) is 14.4 Å². The molecule has 0 spiro atoms. The zero-order valence-corrected chi connectivity index (χ0v) is 36.5. The fraction of sp³-hybridized carbons (Fsp3) is 0.938. The van der Waals surface area contributed by atoms with E-state index in [1.807, 2.05) is 0 Å². The topological polar surface area (TPSA) is 78.9 Å². The Morgan fingerprint density at radius 3 is 0.741 bits per heavy atom. The number of carbonyl (C=O) groups is 3. The number of esters is 3. The Hall–Kier alpha value is -1.59. The lowest BCUT2D eigenvalue weighted by Gasteiger charge is -2.18. The van der Waals surface area contributed by atoms with Gasteiger partial charge in [0.2, 0.25) is 0 Å². The molecule has 0 aliphatic heterocycles. The predicted octanol–water partition coefficient (Wildman–Crippen LogP) is 15.3. The van der Waals surface area contributed by atoms with Gasteiger partial charge in [-0.25, -0.2) is 0 Å². The average Bonchev–Trinajstić information content (AvgIpc) is 3.17. The van der Waals surface area contributed by atoms with Crippen molar-refractivity contribution in [1.29, 1.82) is 0 Å². The second kappa shape index (κ2) is 44.1. The van der Waals surface area contributed by atoms with Crippen LogP contribution in [0.1, 0.15) is 271 Å². The van der Waals surface area contributed by atoms with Gasteiger partial charge in [-0.05, 0) is 19.3 Å². The maximum absolute atomic E-state index is 12.6. The van der Waals surface area contributed by atoms with Gasteiger partial charge in [0.15, 0.2) is 6.10 Å². The second-order valence-corrected chi connectivity index (χ2v) is 16.4. The largest absolute Gasteiger partial charge is 0.462 e. The van der Waals surface area contributed by atoms with Crippen molar-refractivity contribution in [3.63, 3.8) is 0 Å². The Bertz CT molecular complexity index is 748. The minimum Gasteiger partial charge on any atom is -0.462 e. The van der Waals surface area contributed by atoms with Crippen molar-refractivity contribution in [2.45, 2.75) is 277 Å². The van der Waals surface area contributed by atoms with Gasteiger partial charge < -0.3 is 14.2 Å². The molecule has 0 aromatic carbocycles. The van der Waals surface area contributed by atoms with Crippen LogP contribution in [-0.4, -0.2) is 37.2 Å². The van der Waals surface area contributed by atoms with Crippen LogP contribution >= 0.6 is 0 Å². The van der Waals surface area contributed by atoms with Crippen LogP contribution in [0.2, 0.25) is 0 Å². The Labute approximate surface area is 336 Å². The van der Waals surface area contributed by atoms with Crippen LogP contribution in [0.15, 0.2) is 0 Å². The molecule has 0 aromatic rings. The molecule has 0 unspecified atom stereocenters. The van der Waals surface area contributed by atoms with E-state index in [0.717, 1.165) is 57.8 Å². The lowest BCUT2D eigenvalue weighted by Crippen LogP contribution is -2.30. The summed E-state index contributed by atoms with van der Waals surface area (Å²) in [6, 6.07) is 0. The predicted molar refractivity (Wildman–Crippen MR) is 229 cm³/mol.